The smallest absolute Gasteiger partial charge is 0.416 e. The molecule has 1 aromatic heterocycles. The number of hydrogen-bond donors (Lipinski definition) is 1. The van der Waals surface area contributed by atoms with E-state index in [1.165, 1.54) is 18.2 Å². The van der Waals surface area contributed by atoms with Gasteiger partial charge in [0, 0.05) is 6.08 Å². The number of rotatable bonds is 3. The van der Waals surface area contributed by atoms with Gasteiger partial charge in [0.2, 0.25) is 0 Å². The van der Waals surface area contributed by atoms with Crippen molar-refractivity contribution < 1.29 is 22.4 Å². The van der Waals surface area contributed by atoms with Gasteiger partial charge in [-0.1, -0.05) is 35.3 Å². The minimum absolute atomic E-state index is 0.0764. The lowest BCUT2D eigenvalue weighted by atomic mass is 10.2. The van der Waals surface area contributed by atoms with Crippen molar-refractivity contribution >= 4 is 57.8 Å². The summed E-state index contributed by atoms with van der Waals surface area (Å²) in [5, 5.41) is 3.53. The summed E-state index contributed by atoms with van der Waals surface area (Å²) in [6, 6.07) is 12.9. The first-order valence-electron chi connectivity index (χ1n) is 8.72. The molecule has 10 heteroatoms. The highest BCUT2D eigenvalue weighted by Crippen LogP contribution is 2.37. The molecule has 158 valence electrons. The molecule has 0 saturated carbocycles. The molecule has 2 aromatic carbocycles. The molecule has 0 spiro atoms. The molecule has 31 heavy (non-hydrogen) atoms. The predicted molar refractivity (Wildman–Crippen MR) is 116 cm³/mol. The molecule has 3 aromatic rings. The lowest BCUT2D eigenvalue weighted by Crippen LogP contribution is -2.19. The lowest BCUT2D eigenvalue weighted by molar-refractivity contribution is -0.137. The molecule has 1 aliphatic rings. The Hall–Kier alpha value is -2.68. The Morgan fingerprint density at radius 3 is 2.45 bits per heavy atom. The SMILES string of the molecule is O=C1NC(=Nc2cccc(C(F)(F)F)c2)SC1=Cc1ccc(-c2c(Cl)cccc2Cl)o1. The minimum atomic E-state index is -4.48. The van der Waals surface area contributed by atoms with E-state index in [2.05, 4.69) is 10.3 Å². The molecule has 4 rings (SSSR count). The van der Waals surface area contributed by atoms with Crippen molar-refractivity contribution in [3.8, 4) is 11.3 Å². The number of alkyl halides is 3. The summed E-state index contributed by atoms with van der Waals surface area (Å²) >= 11 is 13.4. The van der Waals surface area contributed by atoms with Crippen LogP contribution in [0.4, 0.5) is 18.9 Å². The third-order valence-corrected chi connectivity index (χ3v) is 5.70. The van der Waals surface area contributed by atoms with Gasteiger partial charge < -0.3 is 9.73 Å². The number of hydrogen-bond acceptors (Lipinski definition) is 4. The maximum atomic E-state index is 12.9. The Balaban J connectivity index is 1.57. The van der Waals surface area contributed by atoms with Crippen molar-refractivity contribution in [3.05, 3.63) is 80.9 Å². The van der Waals surface area contributed by atoms with Gasteiger partial charge >= 0.3 is 6.18 Å². The van der Waals surface area contributed by atoms with E-state index in [0.29, 0.717) is 27.1 Å². The van der Waals surface area contributed by atoms with E-state index in [4.69, 9.17) is 27.6 Å². The maximum absolute atomic E-state index is 12.9. The second kappa shape index (κ2) is 8.45. The quantitative estimate of drug-likeness (QED) is 0.402. The van der Waals surface area contributed by atoms with E-state index >= 15 is 0 Å². The summed E-state index contributed by atoms with van der Waals surface area (Å²) in [5.74, 6) is 0.372. The monoisotopic (exact) mass is 482 g/mol. The van der Waals surface area contributed by atoms with Crippen LogP contribution in [0.5, 0.6) is 0 Å². The van der Waals surface area contributed by atoms with Gasteiger partial charge in [0.15, 0.2) is 5.17 Å². The van der Waals surface area contributed by atoms with Crippen LogP contribution in [0.2, 0.25) is 10.0 Å². The zero-order valence-electron chi connectivity index (χ0n) is 15.3. The highest BCUT2D eigenvalue weighted by molar-refractivity contribution is 8.18. The number of amides is 1. The van der Waals surface area contributed by atoms with Gasteiger partial charge in [0.25, 0.3) is 5.91 Å². The number of nitrogens with one attached hydrogen (secondary N) is 1. The van der Waals surface area contributed by atoms with Crippen molar-refractivity contribution in [1.82, 2.24) is 5.32 Å². The second-order valence-electron chi connectivity index (χ2n) is 6.33. The summed E-state index contributed by atoms with van der Waals surface area (Å²) in [7, 11) is 0. The summed E-state index contributed by atoms with van der Waals surface area (Å²) < 4.78 is 44.3. The fourth-order valence-corrected chi connectivity index (χ4v) is 4.18. The molecule has 1 N–H and O–H groups in total. The molecule has 1 amide bonds. The van der Waals surface area contributed by atoms with E-state index < -0.39 is 17.6 Å². The topological polar surface area (TPSA) is 54.6 Å². The van der Waals surface area contributed by atoms with Crippen LogP contribution in [0.25, 0.3) is 17.4 Å². The fraction of sp³-hybridized carbons (Fsp3) is 0.0476. The van der Waals surface area contributed by atoms with Gasteiger partial charge in [-0.2, -0.15) is 13.2 Å². The number of carbonyl (C=O) groups excluding carboxylic acids is 1. The number of thioether (sulfide) groups is 1. The molecule has 0 radical (unpaired) electrons. The number of carbonyl (C=O) groups is 1. The Kier molecular flexibility index (Phi) is 5.88. The molecule has 0 aliphatic carbocycles. The first-order valence-corrected chi connectivity index (χ1v) is 10.3. The van der Waals surface area contributed by atoms with Crippen molar-refractivity contribution in [2.75, 3.05) is 0 Å². The van der Waals surface area contributed by atoms with Gasteiger partial charge in [0.05, 0.1) is 31.8 Å². The molecule has 1 fully saturated rings. The molecular weight excluding hydrogens is 472 g/mol. The molecular formula is C21H11Cl2F3N2O2S. The van der Waals surface area contributed by atoms with Crippen LogP contribution in [0.3, 0.4) is 0 Å². The Bertz CT molecular complexity index is 1220. The lowest BCUT2D eigenvalue weighted by Gasteiger charge is -2.06. The van der Waals surface area contributed by atoms with E-state index in [-0.39, 0.29) is 15.8 Å². The van der Waals surface area contributed by atoms with Crippen molar-refractivity contribution in [1.29, 1.82) is 0 Å². The average molecular weight is 483 g/mol. The number of amidine groups is 1. The van der Waals surface area contributed by atoms with Crippen LogP contribution < -0.4 is 5.32 Å². The van der Waals surface area contributed by atoms with E-state index in [1.807, 2.05) is 0 Å². The van der Waals surface area contributed by atoms with E-state index in [1.54, 1.807) is 30.3 Å². The van der Waals surface area contributed by atoms with Crippen LogP contribution >= 0.6 is 35.0 Å². The Labute approximate surface area is 188 Å². The van der Waals surface area contributed by atoms with E-state index in [9.17, 15) is 18.0 Å². The molecule has 0 bridgehead atoms. The van der Waals surface area contributed by atoms with Gasteiger partial charge in [0.1, 0.15) is 11.5 Å². The van der Waals surface area contributed by atoms with Crippen molar-refractivity contribution in [2.45, 2.75) is 6.18 Å². The first kappa shape index (κ1) is 21.5. The third kappa shape index (κ3) is 4.81. The van der Waals surface area contributed by atoms with Crippen LogP contribution in [0.1, 0.15) is 11.3 Å². The number of halogens is 5. The fourth-order valence-electron chi connectivity index (χ4n) is 2.78. The summed E-state index contributed by atoms with van der Waals surface area (Å²) in [4.78, 5) is 16.6. The Morgan fingerprint density at radius 2 is 1.74 bits per heavy atom. The molecule has 4 nitrogen and oxygen atoms in total. The molecule has 1 aliphatic heterocycles. The number of benzene rings is 2. The van der Waals surface area contributed by atoms with Crippen molar-refractivity contribution in [3.63, 3.8) is 0 Å². The normalized spacial score (nSPS) is 16.9. The van der Waals surface area contributed by atoms with Crippen molar-refractivity contribution in [2.24, 2.45) is 4.99 Å². The van der Waals surface area contributed by atoms with Crippen LogP contribution in [0, 0.1) is 0 Å². The average Bonchev–Trinajstić information content (AvgIpc) is 3.28. The van der Waals surface area contributed by atoms with Gasteiger partial charge in [-0.3, -0.25) is 4.79 Å². The van der Waals surface area contributed by atoms with Crippen LogP contribution in [-0.2, 0) is 11.0 Å². The predicted octanol–water partition coefficient (Wildman–Crippen LogP) is 7.16. The summed E-state index contributed by atoms with van der Waals surface area (Å²) in [6.45, 7) is 0. The van der Waals surface area contributed by atoms with E-state index in [0.717, 1.165) is 23.9 Å². The first-order chi connectivity index (χ1) is 14.7. The molecule has 0 unspecified atom stereocenters. The van der Waals surface area contributed by atoms with Gasteiger partial charge in [-0.25, -0.2) is 4.99 Å². The number of nitrogens with zero attached hydrogens (tertiary/aromatic N) is 1. The largest absolute Gasteiger partial charge is 0.457 e. The number of furan rings is 1. The van der Waals surface area contributed by atoms with Crippen LogP contribution in [0.15, 0.2) is 68.9 Å². The summed E-state index contributed by atoms with van der Waals surface area (Å²) in [5.41, 5.74) is -0.209. The number of aliphatic imine (C=N–C) groups is 1. The summed E-state index contributed by atoms with van der Waals surface area (Å²) in [6.07, 6.45) is -2.97. The molecule has 0 atom stereocenters. The second-order valence-corrected chi connectivity index (χ2v) is 8.17. The minimum Gasteiger partial charge on any atom is -0.457 e. The standard InChI is InChI=1S/C21H11Cl2F3N2O2S/c22-14-5-2-6-15(23)18(14)16-8-7-13(30-16)10-17-19(29)28-20(31-17)27-12-4-1-3-11(9-12)21(24,25)26/h1-10H,(H,27,28,29). The van der Waals surface area contributed by atoms with Gasteiger partial charge in [-0.05, 0) is 54.2 Å². The van der Waals surface area contributed by atoms with Gasteiger partial charge in [-0.15, -0.1) is 0 Å². The molecule has 1 saturated heterocycles. The highest BCUT2D eigenvalue weighted by atomic mass is 35.5. The zero-order chi connectivity index (χ0) is 22.2. The van der Waals surface area contributed by atoms with Crippen LogP contribution in [-0.4, -0.2) is 11.1 Å². The zero-order valence-corrected chi connectivity index (χ0v) is 17.7. The Morgan fingerprint density at radius 1 is 1.03 bits per heavy atom. The molecule has 2 heterocycles. The third-order valence-electron chi connectivity index (χ3n) is 4.16. The maximum Gasteiger partial charge on any atom is 0.416 e. The highest BCUT2D eigenvalue weighted by Gasteiger charge is 2.31.